The van der Waals surface area contributed by atoms with E-state index in [4.69, 9.17) is 18.9 Å². The van der Waals surface area contributed by atoms with Crippen molar-refractivity contribution in [3.8, 4) is 17.6 Å². The summed E-state index contributed by atoms with van der Waals surface area (Å²) in [6.45, 7) is 1.90. The van der Waals surface area contributed by atoms with Gasteiger partial charge in [0.15, 0.2) is 11.5 Å². The minimum atomic E-state index is -0.736. The average molecular weight is 359 g/mol. The van der Waals surface area contributed by atoms with Gasteiger partial charge < -0.3 is 18.9 Å². The number of rotatable bonds is 8. The van der Waals surface area contributed by atoms with Crippen molar-refractivity contribution < 1.29 is 28.5 Å². The molecule has 1 aliphatic carbocycles. The molecule has 1 aliphatic rings. The second-order valence-electron chi connectivity index (χ2n) is 5.95. The molecule has 7 nitrogen and oxygen atoms in total. The maximum Gasteiger partial charge on any atom is 0.349 e. The third-order valence-corrected chi connectivity index (χ3v) is 3.67. The van der Waals surface area contributed by atoms with Crippen molar-refractivity contribution in [3.05, 3.63) is 29.3 Å². The first-order valence-corrected chi connectivity index (χ1v) is 8.20. The molecule has 0 saturated heterocycles. The van der Waals surface area contributed by atoms with Crippen LogP contribution in [0.5, 0.6) is 11.5 Å². The summed E-state index contributed by atoms with van der Waals surface area (Å²) in [4.78, 5) is 23.8. The molecule has 0 spiro atoms. The number of hydrogen-bond acceptors (Lipinski definition) is 7. The Morgan fingerprint density at radius 1 is 1.31 bits per heavy atom. The van der Waals surface area contributed by atoms with Crippen LogP contribution >= 0.6 is 0 Å². The first kappa shape index (κ1) is 19.5. The van der Waals surface area contributed by atoms with Crippen LogP contribution < -0.4 is 9.47 Å². The van der Waals surface area contributed by atoms with E-state index in [1.54, 1.807) is 25.1 Å². The molecule has 1 saturated carbocycles. The highest BCUT2D eigenvalue weighted by Crippen LogP contribution is 2.34. The van der Waals surface area contributed by atoms with E-state index in [0.717, 1.165) is 12.8 Å². The van der Waals surface area contributed by atoms with Crippen LogP contribution in [0, 0.1) is 17.2 Å². The standard InChI is InChI=1S/C19H21NO6/c1-12(11-23-2)25-19(22)15(10-20)8-13-4-7-16(17(9-13)24-3)26-18(21)14-5-6-14/h4,7-9,12,14H,5-6,11H2,1-3H3/b15-8+/t12-/m1/s1. The van der Waals surface area contributed by atoms with Crippen molar-refractivity contribution in [3.63, 3.8) is 0 Å². The number of carbonyl (C=O) groups excluding carboxylic acids is 2. The molecule has 0 aromatic heterocycles. The minimum Gasteiger partial charge on any atom is -0.493 e. The van der Waals surface area contributed by atoms with E-state index >= 15 is 0 Å². The fourth-order valence-corrected chi connectivity index (χ4v) is 2.19. The Balaban J connectivity index is 2.15. The molecule has 1 fully saturated rings. The molecule has 7 heteroatoms. The predicted molar refractivity (Wildman–Crippen MR) is 92.4 cm³/mol. The third kappa shape index (κ3) is 5.33. The van der Waals surface area contributed by atoms with E-state index in [2.05, 4.69) is 0 Å². The highest BCUT2D eigenvalue weighted by atomic mass is 16.6. The van der Waals surface area contributed by atoms with Gasteiger partial charge in [0, 0.05) is 7.11 Å². The van der Waals surface area contributed by atoms with Crippen molar-refractivity contribution in [2.75, 3.05) is 20.8 Å². The van der Waals surface area contributed by atoms with E-state index in [0.29, 0.717) is 17.1 Å². The zero-order chi connectivity index (χ0) is 19.1. The van der Waals surface area contributed by atoms with Gasteiger partial charge >= 0.3 is 11.9 Å². The van der Waals surface area contributed by atoms with Crippen LogP contribution in [0.4, 0.5) is 0 Å². The molecule has 0 unspecified atom stereocenters. The summed E-state index contributed by atoms with van der Waals surface area (Å²) in [7, 11) is 2.94. The van der Waals surface area contributed by atoms with Crippen LogP contribution in [0.25, 0.3) is 6.08 Å². The molecular formula is C19H21NO6. The zero-order valence-electron chi connectivity index (χ0n) is 15.0. The lowest BCUT2D eigenvalue weighted by atomic mass is 10.1. The van der Waals surface area contributed by atoms with Gasteiger partial charge in [-0.1, -0.05) is 6.07 Å². The predicted octanol–water partition coefficient (Wildman–Crippen LogP) is 2.50. The van der Waals surface area contributed by atoms with Gasteiger partial charge in [-0.25, -0.2) is 4.79 Å². The van der Waals surface area contributed by atoms with Gasteiger partial charge in [-0.05, 0) is 43.5 Å². The molecular weight excluding hydrogens is 338 g/mol. The summed E-state index contributed by atoms with van der Waals surface area (Å²) in [6.07, 6.45) is 2.61. The Hall–Kier alpha value is -2.85. The summed E-state index contributed by atoms with van der Waals surface area (Å²) in [5, 5.41) is 9.22. The molecule has 0 N–H and O–H groups in total. The van der Waals surface area contributed by atoms with E-state index in [9.17, 15) is 14.9 Å². The topological polar surface area (TPSA) is 94.9 Å². The minimum absolute atomic E-state index is 0.0340. The van der Waals surface area contributed by atoms with E-state index in [1.807, 2.05) is 6.07 Å². The number of benzene rings is 1. The van der Waals surface area contributed by atoms with Gasteiger partial charge in [0.25, 0.3) is 0 Å². The second kappa shape index (κ2) is 9.02. The lowest BCUT2D eigenvalue weighted by Crippen LogP contribution is -2.20. The van der Waals surface area contributed by atoms with Gasteiger partial charge in [0.1, 0.15) is 17.7 Å². The van der Waals surface area contributed by atoms with Crippen molar-refractivity contribution in [1.29, 1.82) is 5.26 Å². The number of esters is 2. The van der Waals surface area contributed by atoms with Gasteiger partial charge in [-0.15, -0.1) is 0 Å². The smallest absolute Gasteiger partial charge is 0.349 e. The largest absolute Gasteiger partial charge is 0.493 e. The Labute approximate surface area is 152 Å². The van der Waals surface area contributed by atoms with Crippen molar-refractivity contribution in [2.45, 2.75) is 25.9 Å². The van der Waals surface area contributed by atoms with Crippen molar-refractivity contribution >= 4 is 18.0 Å². The lowest BCUT2D eigenvalue weighted by Gasteiger charge is -2.12. The zero-order valence-corrected chi connectivity index (χ0v) is 15.0. The molecule has 0 aliphatic heterocycles. The summed E-state index contributed by atoms with van der Waals surface area (Å²) in [5.41, 5.74) is 0.388. The third-order valence-electron chi connectivity index (χ3n) is 3.67. The van der Waals surface area contributed by atoms with Crippen molar-refractivity contribution in [2.24, 2.45) is 5.92 Å². The summed E-state index contributed by atoms with van der Waals surface area (Å²) >= 11 is 0. The second-order valence-corrected chi connectivity index (χ2v) is 5.95. The molecule has 0 bridgehead atoms. The number of methoxy groups -OCH3 is 2. The number of nitriles is 1. The molecule has 0 radical (unpaired) electrons. The number of carbonyl (C=O) groups is 2. The normalized spacial score (nSPS) is 14.9. The number of hydrogen-bond donors (Lipinski definition) is 0. The monoisotopic (exact) mass is 359 g/mol. The van der Waals surface area contributed by atoms with Crippen LogP contribution in [0.15, 0.2) is 23.8 Å². The van der Waals surface area contributed by atoms with Gasteiger partial charge in [-0.3, -0.25) is 4.79 Å². The first-order chi connectivity index (χ1) is 12.5. The number of nitrogens with zero attached hydrogens (tertiary/aromatic N) is 1. The first-order valence-electron chi connectivity index (χ1n) is 8.20. The maximum atomic E-state index is 12.0. The number of ether oxygens (including phenoxy) is 4. The molecule has 138 valence electrons. The average Bonchev–Trinajstić information content (AvgIpc) is 3.45. The van der Waals surface area contributed by atoms with Crippen LogP contribution in [-0.2, 0) is 19.1 Å². The molecule has 2 rings (SSSR count). The van der Waals surface area contributed by atoms with E-state index < -0.39 is 12.1 Å². The fourth-order valence-electron chi connectivity index (χ4n) is 2.19. The summed E-state index contributed by atoms with van der Waals surface area (Å²) in [6, 6.07) is 6.60. The Kier molecular flexibility index (Phi) is 6.75. The Morgan fingerprint density at radius 3 is 2.62 bits per heavy atom. The van der Waals surface area contributed by atoms with Gasteiger partial charge in [-0.2, -0.15) is 5.26 Å². The molecule has 1 atom stereocenters. The molecule has 1 aromatic carbocycles. The van der Waals surface area contributed by atoms with Crippen LogP contribution in [0.3, 0.4) is 0 Å². The molecule has 26 heavy (non-hydrogen) atoms. The summed E-state index contributed by atoms with van der Waals surface area (Å²) in [5.74, 6) is -0.406. The van der Waals surface area contributed by atoms with Gasteiger partial charge in [0.2, 0.25) is 0 Å². The Morgan fingerprint density at radius 2 is 2.04 bits per heavy atom. The van der Waals surface area contributed by atoms with Gasteiger partial charge in [0.05, 0.1) is 19.6 Å². The maximum absolute atomic E-state index is 12.0. The molecule has 0 amide bonds. The van der Waals surface area contributed by atoms with Crippen LogP contribution in [0.1, 0.15) is 25.3 Å². The van der Waals surface area contributed by atoms with Crippen molar-refractivity contribution in [1.82, 2.24) is 0 Å². The SMILES string of the molecule is COC[C@@H](C)OC(=O)/C(C#N)=C/c1ccc(OC(=O)C2CC2)c(OC)c1. The quantitative estimate of drug-likeness (QED) is 0.304. The highest BCUT2D eigenvalue weighted by Gasteiger charge is 2.32. The van der Waals surface area contributed by atoms with Crippen LogP contribution in [0.2, 0.25) is 0 Å². The fraction of sp³-hybridized carbons (Fsp3) is 0.421. The molecule has 0 heterocycles. The highest BCUT2D eigenvalue weighted by molar-refractivity contribution is 5.98. The Bertz CT molecular complexity index is 745. The van der Waals surface area contributed by atoms with E-state index in [1.165, 1.54) is 20.3 Å². The summed E-state index contributed by atoms with van der Waals surface area (Å²) < 4.78 is 20.6. The van der Waals surface area contributed by atoms with E-state index in [-0.39, 0.29) is 24.1 Å². The lowest BCUT2D eigenvalue weighted by molar-refractivity contribution is -0.145. The van der Waals surface area contributed by atoms with Crippen LogP contribution in [-0.4, -0.2) is 38.9 Å². The molecule has 1 aromatic rings.